The second-order valence-electron chi connectivity index (χ2n) is 8.71. The molecule has 14 heteroatoms. The molecule has 208 valence electrons. The van der Waals surface area contributed by atoms with Gasteiger partial charge in [0.25, 0.3) is 0 Å². The number of alkyl halides is 3. The van der Waals surface area contributed by atoms with E-state index in [0.29, 0.717) is 43.2 Å². The van der Waals surface area contributed by atoms with E-state index in [4.69, 9.17) is 21.5 Å². The van der Waals surface area contributed by atoms with Gasteiger partial charge in [-0.25, -0.2) is 10.3 Å². The van der Waals surface area contributed by atoms with Crippen molar-refractivity contribution in [3.63, 3.8) is 0 Å². The molecule has 1 aromatic rings. The van der Waals surface area contributed by atoms with Gasteiger partial charge >= 0.3 is 12.1 Å². The van der Waals surface area contributed by atoms with E-state index in [2.05, 4.69) is 10.6 Å². The van der Waals surface area contributed by atoms with E-state index in [1.807, 2.05) is 13.8 Å². The highest BCUT2D eigenvalue weighted by atomic mass is 35.5. The Kier molecular flexibility index (Phi) is 12.8. The molecule has 0 aliphatic carbocycles. The van der Waals surface area contributed by atoms with Gasteiger partial charge in [-0.3, -0.25) is 19.6 Å². The number of rotatable bonds is 8. The first-order valence-electron chi connectivity index (χ1n) is 11.5. The van der Waals surface area contributed by atoms with Gasteiger partial charge in [0.2, 0.25) is 17.7 Å². The number of carboxylic acid groups (broad SMARTS) is 1. The summed E-state index contributed by atoms with van der Waals surface area (Å²) in [4.78, 5) is 49.2. The number of aliphatic carboxylic acids is 1. The maximum Gasteiger partial charge on any atom is 0.490 e. The van der Waals surface area contributed by atoms with Gasteiger partial charge in [0.05, 0.1) is 11.8 Å². The van der Waals surface area contributed by atoms with Crippen molar-refractivity contribution in [2.24, 2.45) is 11.8 Å². The number of halogens is 4. The predicted octanol–water partition coefficient (Wildman–Crippen LogP) is 2.16. The van der Waals surface area contributed by atoms with E-state index in [-0.39, 0.29) is 17.7 Å². The molecular formula is C23H32ClF3N4O6. The minimum Gasteiger partial charge on any atom is -0.475 e. The third-order valence-electron chi connectivity index (χ3n) is 5.54. The number of hydrogen-bond acceptors (Lipinski definition) is 6. The van der Waals surface area contributed by atoms with Crippen molar-refractivity contribution in [3.05, 3.63) is 34.9 Å². The summed E-state index contributed by atoms with van der Waals surface area (Å²) in [5.41, 5.74) is 2.29. The van der Waals surface area contributed by atoms with Gasteiger partial charge in [0.1, 0.15) is 6.04 Å². The van der Waals surface area contributed by atoms with Crippen LogP contribution < -0.4 is 16.1 Å². The third kappa shape index (κ3) is 9.82. The number of carboxylic acids is 1. The number of carbonyl (C=O) groups excluding carboxylic acids is 3. The highest BCUT2D eigenvalue weighted by Crippen LogP contribution is 2.31. The summed E-state index contributed by atoms with van der Waals surface area (Å²) in [6.45, 7) is 7.53. The van der Waals surface area contributed by atoms with Crippen molar-refractivity contribution < 1.29 is 42.7 Å². The van der Waals surface area contributed by atoms with Crippen LogP contribution in [0.2, 0.25) is 5.02 Å². The minimum atomic E-state index is -5.08. The molecule has 0 aromatic heterocycles. The van der Waals surface area contributed by atoms with Crippen LogP contribution in [0.4, 0.5) is 13.2 Å². The van der Waals surface area contributed by atoms with E-state index in [9.17, 15) is 32.8 Å². The molecule has 0 saturated carbocycles. The molecule has 0 bridgehead atoms. The van der Waals surface area contributed by atoms with Crippen LogP contribution in [0.1, 0.15) is 38.7 Å². The van der Waals surface area contributed by atoms with Crippen molar-refractivity contribution >= 4 is 35.3 Å². The van der Waals surface area contributed by atoms with Gasteiger partial charge in [-0.2, -0.15) is 13.2 Å². The SMILES string of the molecule is CC[C@H](C(=O)NO)[C@H](C(=O)N1CCNC[C@H]1C(=O)NCC(C)C)c1ccc(Cl)cc1.O=C(O)C(F)(F)F. The lowest BCUT2D eigenvalue weighted by molar-refractivity contribution is -0.192. The summed E-state index contributed by atoms with van der Waals surface area (Å²) in [7, 11) is 0. The van der Waals surface area contributed by atoms with Crippen LogP contribution in [0.25, 0.3) is 0 Å². The topological polar surface area (TPSA) is 148 Å². The monoisotopic (exact) mass is 552 g/mol. The molecule has 1 fully saturated rings. The maximum absolute atomic E-state index is 13.7. The molecule has 3 atom stereocenters. The third-order valence-corrected chi connectivity index (χ3v) is 5.79. The predicted molar refractivity (Wildman–Crippen MR) is 128 cm³/mol. The Bertz CT molecular complexity index is 930. The number of carbonyl (C=O) groups is 4. The highest BCUT2D eigenvalue weighted by molar-refractivity contribution is 6.30. The molecule has 1 aromatic carbocycles. The Morgan fingerprint density at radius 3 is 2.22 bits per heavy atom. The molecule has 3 amide bonds. The number of nitrogens with one attached hydrogen (secondary N) is 3. The summed E-state index contributed by atoms with van der Waals surface area (Å²) in [6, 6.07) is 6.05. The summed E-state index contributed by atoms with van der Waals surface area (Å²) < 4.78 is 31.7. The van der Waals surface area contributed by atoms with Crippen LogP contribution in [0.5, 0.6) is 0 Å². The van der Waals surface area contributed by atoms with Crippen molar-refractivity contribution in [2.75, 3.05) is 26.2 Å². The molecule has 5 N–H and O–H groups in total. The molecular weight excluding hydrogens is 521 g/mol. The van der Waals surface area contributed by atoms with Crippen molar-refractivity contribution in [1.29, 1.82) is 0 Å². The number of hydroxylamine groups is 1. The fourth-order valence-electron chi connectivity index (χ4n) is 3.68. The van der Waals surface area contributed by atoms with Crippen LogP contribution in [-0.2, 0) is 19.2 Å². The first-order valence-corrected chi connectivity index (χ1v) is 11.9. The zero-order valence-corrected chi connectivity index (χ0v) is 21.4. The van der Waals surface area contributed by atoms with Gasteiger partial charge in [0, 0.05) is 31.2 Å². The molecule has 1 saturated heterocycles. The Morgan fingerprint density at radius 1 is 1.19 bits per heavy atom. The molecule has 2 rings (SSSR count). The highest BCUT2D eigenvalue weighted by Gasteiger charge is 2.41. The number of amides is 3. The Balaban J connectivity index is 0.000000856. The first-order chi connectivity index (χ1) is 17.2. The number of hydrogen-bond donors (Lipinski definition) is 5. The molecule has 1 heterocycles. The lowest BCUT2D eigenvalue weighted by atomic mass is 9.82. The quantitative estimate of drug-likeness (QED) is 0.245. The second kappa shape index (κ2) is 14.7. The summed E-state index contributed by atoms with van der Waals surface area (Å²) >= 11 is 6.00. The van der Waals surface area contributed by atoms with E-state index in [0.717, 1.165) is 0 Å². The fraction of sp³-hybridized carbons (Fsp3) is 0.565. The van der Waals surface area contributed by atoms with Gasteiger partial charge in [0.15, 0.2) is 0 Å². The van der Waals surface area contributed by atoms with E-state index in [1.165, 1.54) is 0 Å². The lowest BCUT2D eigenvalue weighted by Gasteiger charge is -2.38. The average Bonchev–Trinajstić information content (AvgIpc) is 2.85. The lowest BCUT2D eigenvalue weighted by Crippen LogP contribution is -2.61. The average molecular weight is 553 g/mol. The van der Waals surface area contributed by atoms with Crippen LogP contribution in [0, 0.1) is 11.8 Å². The summed E-state index contributed by atoms with van der Waals surface area (Å²) in [6.07, 6.45) is -4.75. The van der Waals surface area contributed by atoms with Gasteiger partial charge in [-0.1, -0.05) is 44.5 Å². The van der Waals surface area contributed by atoms with Crippen molar-refractivity contribution in [1.82, 2.24) is 21.0 Å². The zero-order valence-electron chi connectivity index (χ0n) is 20.6. The molecule has 10 nitrogen and oxygen atoms in total. The maximum atomic E-state index is 13.7. The number of piperazine rings is 1. The molecule has 0 unspecified atom stereocenters. The van der Waals surface area contributed by atoms with E-state index >= 15 is 0 Å². The molecule has 0 radical (unpaired) electrons. The smallest absolute Gasteiger partial charge is 0.475 e. The molecule has 0 spiro atoms. The zero-order chi connectivity index (χ0) is 28.3. The van der Waals surface area contributed by atoms with Gasteiger partial charge in [-0.15, -0.1) is 0 Å². The molecule has 37 heavy (non-hydrogen) atoms. The van der Waals surface area contributed by atoms with Crippen LogP contribution in [0.15, 0.2) is 24.3 Å². The Morgan fingerprint density at radius 2 is 1.76 bits per heavy atom. The van der Waals surface area contributed by atoms with Gasteiger partial charge in [-0.05, 0) is 30.0 Å². The fourth-order valence-corrected chi connectivity index (χ4v) is 3.80. The number of nitrogens with zero attached hydrogens (tertiary/aromatic N) is 1. The van der Waals surface area contributed by atoms with Gasteiger partial charge < -0.3 is 20.6 Å². The van der Waals surface area contributed by atoms with Crippen LogP contribution in [-0.4, -0.2) is 77.3 Å². The Hall–Kier alpha value is -2.90. The largest absolute Gasteiger partial charge is 0.490 e. The van der Waals surface area contributed by atoms with Crippen LogP contribution >= 0.6 is 11.6 Å². The normalized spacial score (nSPS) is 17.2. The van der Waals surface area contributed by atoms with Crippen molar-refractivity contribution in [3.8, 4) is 0 Å². The first kappa shape index (κ1) is 32.1. The standard InChI is InChI=1S/C21H31ClN4O4.C2HF3O2/c1-4-16(19(27)25-30)18(14-5-7-15(22)8-6-14)21(29)26-10-9-23-12-17(26)20(28)24-11-13(2)3;3-2(4,5)1(6)7/h5-8,13,16-18,23,30H,4,9-12H2,1-3H3,(H,24,28)(H,25,27);(H,6,7)/t16-,17-,18+;/m0./s1. The van der Waals surface area contributed by atoms with Crippen LogP contribution in [0.3, 0.4) is 0 Å². The number of benzene rings is 1. The van der Waals surface area contributed by atoms with E-state index < -0.39 is 35.9 Å². The second-order valence-corrected chi connectivity index (χ2v) is 9.15. The summed E-state index contributed by atoms with van der Waals surface area (Å²) in [5.74, 6) is -5.29. The summed E-state index contributed by atoms with van der Waals surface area (Å²) in [5, 5.41) is 22.9. The Labute approximate surface area is 217 Å². The molecule has 1 aliphatic rings. The van der Waals surface area contributed by atoms with Crippen molar-refractivity contribution in [2.45, 2.75) is 45.3 Å². The van der Waals surface area contributed by atoms with E-state index in [1.54, 1.807) is 41.6 Å². The minimum absolute atomic E-state index is 0.223. The molecule has 1 aliphatic heterocycles.